The van der Waals surface area contributed by atoms with Gasteiger partial charge in [0.15, 0.2) is 5.69 Å². The van der Waals surface area contributed by atoms with Crippen molar-refractivity contribution < 1.29 is 9.53 Å². The van der Waals surface area contributed by atoms with E-state index in [1.54, 1.807) is 4.68 Å². The molecule has 0 aliphatic rings. The van der Waals surface area contributed by atoms with E-state index in [1.165, 1.54) is 0 Å². The topological polar surface area (TPSA) is 69.0 Å². The van der Waals surface area contributed by atoms with Crippen LogP contribution in [0.3, 0.4) is 0 Å². The number of benzene rings is 3. The molecule has 0 radical (unpaired) electrons. The van der Waals surface area contributed by atoms with Crippen LogP contribution in [0.5, 0.6) is 0 Å². The molecule has 0 saturated carbocycles. The first-order valence-electron chi connectivity index (χ1n) is 10.6. The van der Waals surface area contributed by atoms with E-state index < -0.39 is 0 Å². The average molecular weight is 427 g/mol. The molecule has 0 bridgehead atoms. The lowest BCUT2D eigenvalue weighted by atomic mass is 10.1. The molecule has 0 aliphatic carbocycles. The van der Waals surface area contributed by atoms with Gasteiger partial charge in [-0.1, -0.05) is 77.5 Å². The standard InChI is InChI=1S/C26H26N4O2/c1-19-11-13-24(14-12-19)30-20(2)25(28-29-30)26(31)27-16-22-9-6-10-23(15-22)18-32-17-21-7-4-3-5-8-21/h3-15H,16-18H2,1-2H3,(H,27,31). The number of aromatic nitrogens is 3. The number of carbonyl (C=O) groups excluding carboxylic acids is 1. The second-order valence-electron chi connectivity index (χ2n) is 7.75. The smallest absolute Gasteiger partial charge is 0.274 e. The van der Waals surface area contributed by atoms with Crippen LogP contribution in [0.2, 0.25) is 0 Å². The molecular weight excluding hydrogens is 400 g/mol. The van der Waals surface area contributed by atoms with Crippen LogP contribution >= 0.6 is 0 Å². The summed E-state index contributed by atoms with van der Waals surface area (Å²) in [5, 5.41) is 11.2. The van der Waals surface area contributed by atoms with E-state index in [9.17, 15) is 4.79 Å². The van der Waals surface area contributed by atoms with E-state index in [0.717, 1.165) is 27.9 Å². The van der Waals surface area contributed by atoms with E-state index in [4.69, 9.17) is 4.74 Å². The Morgan fingerprint density at radius 2 is 1.56 bits per heavy atom. The number of ether oxygens (including phenoxy) is 1. The number of aryl methyl sites for hydroxylation is 1. The lowest BCUT2D eigenvalue weighted by Crippen LogP contribution is -2.24. The van der Waals surface area contributed by atoms with Crippen molar-refractivity contribution >= 4 is 5.91 Å². The van der Waals surface area contributed by atoms with Gasteiger partial charge in [-0.15, -0.1) is 5.10 Å². The summed E-state index contributed by atoms with van der Waals surface area (Å²) in [5.41, 5.74) is 6.28. The summed E-state index contributed by atoms with van der Waals surface area (Å²) in [4.78, 5) is 12.7. The molecule has 0 saturated heterocycles. The van der Waals surface area contributed by atoms with Gasteiger partial charge in [-0.05, 0) is 42.7 Å². The third-order valence-electron chi connectivity index (χ3n) is 5.21. The molecule has 0 spiro atoms. The van der Waals surface area contributed by atoms with Gasteiger partial charge < -0.3 is 10.1 Å². The van der Waals surface area contributed by atoms with Crippen LogP contribution in [0.1, 0.15) is 38.4 Å². The normalized spacial score (nSPS) is 10.8. The second kappa shape index (κ2) is 10.0. The first-order valence-corrected chi connectivity index (χ1v) is 10.6. The van der Waals surface area contributed by atoms with Gasteiger partial charge in [0.1, 0.15) is 0 Å². The highest BCUT2D eigenvalue weighted by Crippen LogP contribution is 2.14. The molecule has 4 rings (SSSR count). The van der Waals surface area contributed by atoms with Crippen molar-refractivity contribution in [1.29, 1.82) is 0 Å². The van der Waals surface area contributed by atoms with Crippen molar-refractivity contribution in [1.82, 2.24) is 20.3 Å². The third kappa shape index (κ3) is 5.28. The van der Waals surface area contributed by atoms with Crippen LogP contribution in [0.4, 0.5) is 0 Å². The molecule has 0 unspecified atom stereocenters. The van der Waals surface area contributed by atoms with Crippen molar-refractivity contribution in [2.75, 3.05) is 0 Å². The number of rotatable bonds is 8. The molecule has 1 N–H and O–H groups in total. The number of hydrogen-bond donors (Lipinski definition) is 1. The van der Waals surface area contributed by atoms with Crippen molar-refractivity contribution in [3.05, 3.63) is 113 Å². The summed E-state index contributed by atoms with van der Waals surface area (Å²) in [7, 11) is 0. The van der Waals surface area contributed by atoms with E-state index in [0.29, 0.717) is 31.1 Å². The SMILES string of the molecule is Cc1ccc(-n2nnc(C(=O)NCc3cccc(COCc4ccccc4)c3)c2C)cc1. The van der Waals surface area contributed by atoms with Gasteiger partial charge >= 0.3 is 0 Å². The first kappa shape index (κ1) is 21.5. The van der Waals surface area contributed by atoms with Gasteiger partial charge in [-0.25, -0.2) is 4.68 Å². The van der Waals surface area contributed by atoms with Gasteiger partial charge in [0, 0.05) is 6.54 Å². The summed E-state index contributed by atoms with van der Waals surface area (Å²) in [5.74, 6) is -0.244. The predicted molar refractivity (Wildman–Crippen MR) is 123 cm³/mol. The maximum atomic E-state index is 12.7. The summed E-state index contributed by atoms with van der Waals surface area (Å²) in [6, 6.07) is 26.0. The van der Waals surface area contributed by atoms with E-state index in [-0.39, 0.29) is 5.91 Å². The number of nitrogens with one attached hydrogen (secondary N) is 1. The van der Waals surface area contributed by atoms with Crippen molar-refractivity contribution in [3.8, 4) is 5.69 Å². The number of carbonyl (C=O) groups is 1. The Morgan fingerprint density at radius 3 is 2.34 bits per heavy atom. The Hall–Kier alpha value is -3.77. The minimum atomic E-state index is -0.244. The highest BCUT2D eigenvalue weighted by Gasteiger charge is 2.17. The minimum Gasteiger partial charge on any atom is -0.372 e. The summed E-state index contributed by atoms with van der Waals surface area (Å²) >= 11 is 0. The molecule has 32 heavy (non-hydrogen) atoms. The third-order valence-corrected chi connectivity index (χ3v) is 5.21. The molecular formula is C26H26N4O2. The fraction of sp³-hybridized carbons (Fsp3) is 0.192. The molecule has 1 aromatic heterocycles. The van der Waals surface area contributed by atoms with E-state index in [1.807, 2.05) is 92.7 Å². The molecule has 3 aromatic carbocycles. The van der Waals surface area contributed by atoms with Crippen LogP contribution in [0.15, 0.2) is 78.9 Å². The Morgan fingerprint density at radius 1 is 0.875 bits per heavy atom. The van der Waals surface area contributed by atoms with Gasteiger partial charge in [-0.3, -0.25) is 4.79 Å². The quantitative estimate of drug-likeness (QED) is 0.449. The summed E-state index contributed by atoms with van der Waals surface area (Å²) in [6.07, 6.45) is 0. The Kier molecular flexibility index (Phi) is 6.72. The van der Waals surface area contributed by atoms with Gasteiger partial charge in [0.25, 0.3) is 5.91 Å². The summed E-state index contributed by atoms with van der Waals surface area (Å²) in [6.45, 7) is 5.36. The zero-order valence-corrected chi connectivity index (χ0v) is 18.3. The average Bonchev–Trinajstić information content (AvgIpc) is 3.20. The van der Waals surface area contributed by atoms with Crippen LogP contribution in [0.25, 0.3) is 5.69 Å². The maximum Gasteiger partial charge on any atom is 0.274 e. The van der Waals surface area contributed by atoms with Gasteiger partial charge in [-0.2, -0.15) is 0 Å². The molecule has 162 valence electrons. The van der Waals surface area contributed by atoms with Crippen molar-refractivity contribution in [2.45, 2.75) is 33.6 Å². The largest absolute Gasteiger partial charge is 0.372 e. The zero-order chi connectivity index (χ0) is 22.3. The fourth-order valence-corrected chi connectivity index (χ4v) is 3.43. The minimum absolute atomic E-state index is 0.244. The fourth-order valence-electron chi connectivity index (χ4n) is 3.43. The zero-order valence-electron chi connectivity index (χ0n) is 18.3. The molecule has 1 heterocycles. The molecule has 0 fully saturated rings. The molecule has 1 amide bonds. The van der Waals surface area contributed by atoms with Crippen molar-refractivity contribution in [3.63, 3.8) is 0 Å². The van der Waals surface area contributed by atoms with E-state index >= 15 is 0 Å². The monoisotopic (exact) mass is 426 g/mol. The lowest BCUT2D eigenvalue weighted by molar-refractivity contribution is 0.0945. The van der Waals surface area contributed by atoms with Crippen LogP contribution in [-0.4, -0.2) is 20.9 Å². The van der Waals surface area contributed by atoms with E-state index in [2.05, 4.69) is 15.6 Å². The summed E-state index contributed by atoms with van der Waals surface area (Å²) < 4.78 is 7.49. The molecule has 0 atom stereocenters. The first-order chi connectivity index (χ1) is 15.6. The molecule has 6 heteroatoms. The van der Waals surface area contributed by atoms with Gasteiger partial charge in [0.2, 0.25) is 0 Å². The van der Waals surface area contributed by atoms with Crippen LogP contribution in [0, 0.1) is 13.8 Å². The second-order valence-corrected chi connectivity index (χ2v) is 7.75. The highest BCUT2D eigenvalue weighted by molar-refractivity contribution is 5.93. The molecule has 4 aromatic rings. The number of nitrogens with zero attached hydrogens (tertiary/aromatic N) is 3. The van der Waals surface area contributed by atoms with Crippen LogP contribution in [-0.2, 0) is 24.5 Å². The Bertz CT molecular complexity index is 1180. The van der Waals surface area contributed by atoms with Crippen LogP contribution < -0.4 is 5.32 Å². The maximum absolute atomic E-state index is 12.7. The lowest BCUT2D eigenvalue weighted by Gasteiger charge is -2.08. The predicted octanol–water partition coefficient (Wildman–Crippen LogP) is 4.53. The molecule has 0 aliphatic heterocycles. The van der Waals surface area contributed by atoms with Crippen molar-refractivity contribution in [2.24, 2.45) is 0 Å². The number of amides is 1. The molecule has 6 nitrogen and oxygen atoms in total. The van der Waals surface area contributed by atoms with Gasteiger partial charge in [0.05, 0.1) is 24.6 Å². The Labute approximate surface area is 187 Å². The Balaban J connectivity index is 1.34. The highest BCUT2D eigenvalue weighted by atomic mass is 16.5. The number of hydrogen-bond acceptors (Lipinski definition) is 4.